The number of hydrogen-bond donors (Lipinski definition) is 1. The van der Waals surface area contributed by atoms with Crippen LogP contribution in [0, 0.1) is 0 Å². The number of aliphatic hydroxyl groups excluding tert-OH is 1. The van der Waals surface area contributed by atoms with E-state index in [9.17, 15) is 8.96 Å². The minimum absolute atomic E-state index is 0.353. The number of halogens is 1. The Morgan fingerprint density at radius 1 is 1.73 bits per heavy atom. The van der Waals surface area contributed by atoms with Crippen LogP contribution in [0.1, 0.15) is 0 Å². The fourth-order valence-corrected chi connectivity index (χ4v) is 1.62. The Hall–Kier alpha value is 0.0149. The number of rotatable bonds is 2. The first kappa shape index (κ1) is 9.11. The first-order chi connectivity index (χ1) is 5.20. The maximum Gasteiger partial charge on any atom is 0.164 e. The van der Waals surface area contributed by atoms with Gasteiger partial charge in [-0.3, -0.25) is 4.57 Å². The average Bonchev–Trinajstić information content (AvgIpc) is 2.28. The molecule has 6 heteroatoms. The second-order valence-corrected chi connectivity index (χ2v) is 3.17. The van der Waals surface area contributed by atoms with Gasteiger partial charge >= 0.3 is 0 Å². The third-order valence-corrected chi connectivity index (χ3v) is 2.52. The lowest BCUT2D eigenvalue weighted by atomic mass is 9.95. The van der Waals surface area contributed by atoms with Crippen molar-refractivity contribution in [2.75, 3.05) is 6.61 Å². The summed E-state index contributed by atoms with van der Waals surface area (Å²) in [5.41, 5.74) is -0.824. The molecule has 1 aliphatic heterocycles. The fraction of sp³-hybridized carbons (Fsp3) is 1.00. The van der Waals surface area contributed by atoms with Crippen molar-refractivity contribution in [1.82, 2.24) is 0 Å². The van der Waals surface area contributed by atoms with Crippen LogP contribution in [-0.4, -0.2) is 43.5 Å². The van der Waals surface area contributed by atoms with Gasteiger partial charge in [-0.1, -0.05) is 0 Å². The molecule has 1 N–H and O–H groups in total. The topological polar surface area (TPSA) is 46.5 Å². The summed E-state index contributed by atoms with van der Waals surface area (Å²) in [5.74, 6) is 0. The second kappa shape index (κ2) is 3.61. The van der Waals surface area contributed by atoms with Crippen LogP contribution in [-0.2, 0) is 9.30 Å². The lowest BCUT2D eigenvalue weighted by Crippen LogP contribution is -2.26. The summed E-state index contributed by atoms with van der Waals surface area (Å²) in [6, 6.07) is -1.06. The predicted molar refractivity (Wildman–Crippen MR) is 37.8 cm³/mol. The number of ether oxygens (including phenoxy) is 1. The predicted octanol–water partition coefficient (Wildman–Crippen LogP) is -0.130. The largest absolute Gasteiger partial charge is 0.394 e. The minimum atomic E-state index is -1.45. The van der Waals surface area contributed by atoms with E-state index >= 15 is 0 Å². The van der Waals surface area contributed by atoms with Gasteiger partial charge in [-0.15, -0.1) is 0 Å². The molecule has 0 aromatic rings. The number of aliphatic hydroxyl groups is 1. The molecule has 0 aliphatic carbocycles. The summed E-state index contributed by atoms with van der Waals surface area (Å²) >= 11 is 0. The smallest absolute Gasteiger partial charge is 0.164 e. The third-order valence-electron chi connectivity index (χ3n) is 1.65. The molecule has 11 heavy (non-hydrogen) atoms. The molecular formula is C5H7BFO3P. The van der Waals surface area contributed by atoms with Crippen LogP contribution in [0.15, 0.2) is 0 Å². The standard InChI is InChI=1S/C5H7BFO3P/c6-5-3(7)4(11-9)2(1-8)10-5/h2-5,8H,1H2/t2-,3+,4?,5-/m1/s1. The SMILES string of the molecule is [B][C@@H]1O[C@H](CO)C(P=O)[C@@H]1F. The van der Waals surface area contributed by atoms with Gasteiger partial charge in [-0.2, -0.15) is 0 Å². The van der Waals surface area contributed by atoms with Gasteiger partial charge in [0.15, 0.2) is 8.46 Å². The lowest BCUT2D eigenvalue weighted by molar-refractivity contribution is 0.0389. The molecule has 0 bridgehead atoms. The molecule has 4 atom stereocenters. The Kier molecular flexibility index (Phi) is 2.99. The van der Waals surface area contributed by atoms with E-state index in [0.29, 0.717) is 0 Å². The van der Waals surface area contributed by atoms with Gasteiger partial charge in [-0.25, -0.2) is 4.39 Å². The fourth-order valence-electron chi connectivity index (χ4n) is 1.03. The molecule has 1 saturated heterocycles. The zero-order valence-electron chi connectivity index (χ0n) is 5.68. The highest BCUT2D eigenvalue weighted by molar-refractivity contribution is 7.25. The van der Waals surface area contributed by atoms with Crippen LogP contribution in [0.25, 0.3) is 0 Å². The van der Waals surface area contributed by atoms with Gasteiger partial charge in [0.05, 0.1) is 12.7 Å². The molecule has 0 aromatic carbocycles. The number of hydrogen-bond acceptors (Lipinski definition) is 3. The van der Waals surface area contributed by atoms with E-state index in [1.54, 1.807) is 0 Å². The molecule has 0 amide bonds. The first-order valence-corrected chi connectivity index (χ1v) is 4.07. The van der Waals surface area contributed by atoms with Crippen LogP contribution in [0.4, 0.5) is 4.39 Å². The van der Waals surface area contributed by atoms with E-state index in [0.717, 1.165) is 0 Å². The summed E-state index contributed by atoms with van der Waals surface area (Å²) in [6.07, 6.45) is -2.19. The molecule has 1 rings (SSSR count). The molecule has 1 fully saturated rings. The van der Waals surface area contributed by atoms with E-state index in [4.69, 9.17) is 17.7 Å². The molecule has 0 spiro atoms. The highest BCUT2D eigenvalue weighted by Crippen LogP contribution is 2.30. The van der Waals surface area contributed by atoms with E-state index < -0.39 is 23.9 Å². The van der Waals surface area contributed by atoms with Gasteiger partial charge in [-0.05, 0) is 0 Å². The Balaban J connectivity index is 2.64. The van der Waals surface area contributed by atoms with Crippen molar-refractivity contribution >= 4 is 16.3 Å². The first-order valence-electron chi connectivity index (χ1n) is 3.19. The molecule has 1 unspecified atom stereocenters. The zero-order valence-corrected chi connectivity index (χ0v) is 6.58. The maximum atomic E-state index is 12.9. The van der Waals surface area contributed by atoms with Gasteiger partial charge in [0.25, 0.3) is 0 Å². The second-order valence-electron chi connectivity index (χ2n) is 2.36. The molecule has 60 valence electrons. The molecule has 3 nitrogen and oxygen atoms in total. The van der Waals surface area contributed by atoms with E-state index in [1.807, 2.05) is 0 Å². The average molecular weight is 176 g/mol. The quantitative estimate of drug-likeness (QED) is 0.470. The zero-order chi connectivity index (χ0) is 8.43. The Morgan fingerprint density at radius 3 is 2.73 bits per heavy atom. The van der Waals surface area contributed by atoms with Gasteiger partial charge in [0.2, 0.25) is 0 Å². The molecule has 0 aromatic heterocycles. The van der Waals surface area contributed by atoms with Gasteiger partial charge in [0, 0.05) is 6.00 Å². The Labute approximate surface area is 66.5 Å². The van der Waals surface area contributed by atoms with Crippen molar-refractivity contribution in [2.45, 2.75) is 23.9 Å². The molecule has 1 aliphatic rings. The van der Waals surface area contributed by atoms with Crippen LogP contribution in [0.5, 0.6) is 0 Å². The van der Waals surface area contributed by atoms with Crippen molar-refractivity contribution in [1.29, 1.82) is 0 Å². The minimum Gasteiger partial charge on any atom is -0.394 e. The maximum absolute atomic E-state index is 12.9. The van der Waals surface area contributed by atoms with Crippen LogP contribution < -0.4 is 0 Å². The normalized spacial score (nSPS) is 44.9. The molecule has 1 heterocycles. The van der Waals surface area contributed by atoms with E-state index in [1.165, 1.54) is 0 Å². The summed E-state index contributed by atoms with van der Waals surface area (Å²) in [4.78, 5) is 0. The van der Waals surface area contributed by atoms with Crippen LogP contribution in [0.3, 0.4) is 0 Å². The van der Waals surface area contributed by atoms with E-state index in [-0.39, 0.29) is 15.1 Å². The molecule has 0 saturated carbocycles. The van der Waals surface area contributed by atoms with Crippen LogP contribution in [0.2, 0.25) is 0 Å². The van der Waals surface area contributed by atoms with Gasteiger partial charge in [0.1, 0.15) is 19.7 Å². The highest BCUT2D eigenvalue weighted by atomic mass is 31.1. The van der Waals surface area contributed by atoms with Crippen molar-refractivity contribution in [3.05, 3.63) is 0 Å². The van der Waals surface area contributed by atoms with Crippen molar-refractivity contribution < 1.29 is 18.8 Å². The van der Waals surface area contributed by atoms with E-state index in [2.05, 4.69) is 0 Å². The monoisotopic (exact) mass is 176 g/mol. The molecule has 2 radical (unpaired) electrons. The Morgan fingerprint density at radius 2 is 2.36 bits per heavy atom. The summed E-state index contributed by atoms with van der Waals surface area (Å²) in [6.45, 7) is -0.353. The third kappa shape index (κ3) is 1.61. The van der Waals surface area contributed by atoms with Gasteiger partial charge < -0.3 is 9.84 Å². The van der Waals surface area contributed by atoms with Crippen molar-refractivity contribution in [3.8, 4) is 0 Å². The van der Waals surface area contributed by atoms with Crippen molar-refractivity contribution in [3.63, 3.8) is 0 Å². The summed E-state index contributed by atoms with van der Waals surface area (Å²) < 4.78 is 28.0. The summed E-state index contributed by atoms with van der Waals surface area (Å²) in [5, 5.41) is 8.61. The number of alkyl halides is 1. The Bertz CT molecular complexity index is 159. The summed E-state index contributed by atoms with van der Waals surface area (Å²) in [7, 11) is 4.79. The van der Waals surface area contributed by atoms with Crippen molar-refractivity contribution in [2.24, 2.45) is 0 Å². The molecular weight excluding hydrogens is 169 g/mol. The van der Waals surface area contributed by atoms with Crippen LogP contribution >= 0.6 is 8.46 Å². The lowest BCUT2D eigenvalue weighted by Gasteiger charge is -2.08. The highest BCUT2D eigenvalue weighted by Gasteiger charge is 2.42.